The van der Waals surface area contributed by atoms with Crippen molar-refractivity contribution in [1.29, 1.82) is 0 Å². The molecule has 2 nitrogen and oxygen atoms in total. The molecule has 1 saturated carbocycles. The van der Waals surface area contributed by atoms with E-state index in [2.05, 4.69) is 43.4 Å². The zero-order valence-corrected chi connectivity index (χ0v) is 16.2. The van der Waals surface area contributed by atoms with E-state index in [4.69, 9.17) is 0 Å². The predicted octanol–water partition coefficient (Wildman–Crippen LogP) is 7.08. The van der Waals surface area contributed by atoms with Gasteiger partial charge in [0.2, 0.25) is 0 Å². The van der Waals surface area contributed by atoms with Crippen LogP contribution < -0.4 is 0 Å². The highest BCUT2D eigenvalue weighted by Crippen LogP contribution is 2.39. The number of rotatable bonds is 16. The number of carbonyl (C=O) groups is 1. The highest BCUT2D eigenvalue weighted by atomic mass is 16.4. The summed E-state index contributed by atoms with van der Waals surface area (Å²) in [5, 5.41) is 9.20. The average molecular weight is 347 g/mol. The van der Waals surface area contributed by atoms with Crippen LogP contribution in [-0.2, 0) is 4.79 Å². The van der Waals surface area contributed by atoms with Crippen LogP contribution in [0.5, 0.6) is 0 Å². The van der Waals surface area contributed by atoms with E-state index in [1.54, 1.807) is 0 Å². The van der Waals surface area contributed by atoms with Gasteiger partial charge in [0.05, 0.1) is 5.92 Å². The van der Waals surface area contributed by atoms with Crippen LogP contribution in [0.3, 0.4) is 0 Å². The lowest BCUT2D eigenvalue weighted by Crippen LogP contribution is -2.15. The third-order valence-corrected chi connectivity index (χ3v) is 4.92. The Morgan fingerprint density at radius 2 is 1.44 bits per heavy atom. The molecular formula is C23H38O2. The van der Waals surface area contributed by atoms with Crippen molar-refractivity contribution in [2.75, 3.05) is 0 Å². The molecule has 1 unspecified atom stereocenters. The first kappa shape index (κ1) is 21.7. The number of hydrogen-bond donors (Lipinski definition) is 1. The summed E-state index contributed by atoms with van der Waals surface area (Å²) in [6, 6.07) is 0. The van der Waals surface area contributed by atoms with Crippen LogP contribution in [0.4, 0.5) is 0 Å². The van der Waals surface area contributed by atoms with Crippen molar-refractivity contribution < 1.29 is 9.90 Å². The molecule has 0 aromatic rings. The van der Waals surface area contributed by atoms with Crippen LogP contribution in [0.25, 0.3) is 0 Å². The Kier molecular flexibility index (Phi) is 13.0. The molecule has 142 valence electrons. The Morgan fingerprint density at radius 3 is 2.04 bits per heavy atom. The van der Waals surface area contributed by atoms with Crippen LogP contribution >= 0.6 is 0 Å². The molecule has 25 heavy (non-hydrogen) atoms. The molecule has 1 fully saturated rings. The van der Waals surface area contributed by atoms with Gasteiger partial charge < -0.3 is 5.11 Å². The predicted molar refractivity (Wildman–Crippen MR) is 108 cm³/mol. The minimum atomic E-state index is -0.568. The summed E-state index contributed by atoms with van der Waals surface area (Å²) in [7, 11) is 0. The second kappa shape index (κ2) is 15.0. The van der Waals surface area contributed by atoms with Crippen molar-refractivity contribution in [3.8, 4) is 0 Å². The Balaban J connectivity index is 1.84. The topological polar surface area (TPSA) is 37.3 Å². The second-order valence-corrected chi connectivity index (χ2v) is 7.27. The van der Waals surface area contributed by atoms with Gasteiger partial charge in [-0.1, -0.05) is 75.5 Å². The number of allylic oxidation sites excluding steroid dienone is 6. The Bertz CT molecular complexity index is 416. The Morgan fingerprint density at radius 1 is 0.880 bits per heavy atom. The maximum Gasteiger partial charge on any atom is 0.306 e. The molecule has 0 bridgehead atoms. The van der Waals surface area contributed by atoms with Crippen LogP contribution in [0, 0.1) is 11.8 Å². The third-order valence-electron chi connectivity index (χ3n) is 4.92. The first-order chi connectivity index (χ1) is 12.3. The molecule has 0 aromatic heterocycles. The molecule has 1 aliphatic carbocycles. The van der Waals surface area contributed by atoms with E-state index < -0.39 is 5.97 Å². The Labute approximate surface area is 155 Å². The normalized spacial score (nSPS) is 16.4. The van der Waals surface area contributed by atoms with Gasteiger partial charge in [-0.2, -0.15) is 0 Å². The molecule has 1 atom stereocenters. The van der Waals surface area contributed by atoms with Gasteiger partial charge in [-0.15, -0.1) is 0 Å². The van der Waals surface area contributed by atoms with E-state index in [-0.39, 0.29) is 5.92 Å². The van der Waals surface area contributed by atoms with Crippen molar-refractivity contribution in [3.05, 3.63) is 36.5 Å². The highest BCUT2D eigenvalue weighted by Gasteiger charge is 2.35. The van der Waals surface area contributed by atoms with Crippen LogP contribution in [0.2, 0.25) is 0 Å². The molecule has 0 heterocycles. The van der Waals surface area contributed by atoms with E-state index >= 15 is 0 Å². The summed E-state index contributed by atoms with van der Waals surface area (Å²) in [5.41, 5.74) is 0. The quantitative estimate of drug-likeness (QED) is 0.239. The molecule has 2 heteroatoms. The fourth-order valence-corrected chi connectivity index (χ4v) is 3.22. The minimum Gasteiger partial charge on any atom is -0.481 e. The smallest absolute Gasteiger partial charge is 0.306 e. The van der Waals surface area contributed by atoms with Gasteiger partial charge in [0.15, 0.2) is 0 Å². The monoisotopic (exact) mass is 346 g/mol. The third kappa shape index (κ3) is 12.7. The van der Waals surface area contributed by atoms with E-state index in [1.807, 2.05) is 0 Å². The fourth-order valence-electron chi connectivity index (χ4n) is 3.22. The first-order valence-corrected chi connectivity index (χ1v) is 10.4. The number of carboxylic acid groups (broad SMARTS) is 1. The average Bonchev–Trinajstić information content (AvgIpc) is 3.42. The van der Waals surface area contributed by atoms with E-state index in [0.29, 0.717) is 5.92 Å². The number of unbranched alkanes of at least 4 members (excludes halogenated alkanes) is 6. The lowest BCUT2D eigenvalue weighted by molar-refractivity contribution is -0.142. The van der Waals surface area contributed by atoms with E-state index in [0.717, 1.165) is 44.9 Å². The molecule has 0 saturated heterocycles. The molecule has 1 aliphatic rings. The molecule has 1 rings (SSSR count). The summed E-state index contributed by atoms with van der Waals surface area (Å²) < 4.78 is 0. The zero-order valence-electron chi connectivity index (χ0n) is 16.2. The first-order valence-electron chi connectivity index (χ1n) is 10.4. The SMILES string of the molecule is CC/C=C\C/C=C\C/C=C\CCCCCCCCC(C(=O)O)C1CC1. The van der Waals surface area contributed by atoms with Crippen LogP contribution in [0.15, 0.2) is 36.5 Å². The number of carboxylic acids is 1. The summed E-state index contributed by atoms with van der Waals surface area (Å²) in [6.45, 7) is 2.16. The van der Waals surface area contributed by atoms with Crippen molar-refractivity contribution in [1.82, 2.24) is 0 Å². The standard InChI is InChI=1S/C23H38O2/c1-2-3-4-5-6-7-8-9-10-11-12-13-14-15-16-17-18-22(23(24)25)21-19-20-21/h3-4,6-7,9-10,21-22H,2,5,8,11-20H2,1H3,(H,24,25)/b4-3-,7-6-,10-9-. The van der Waals surface area contributed by atoms with Gasteiger partial charge in [0.1, 0.15) is 0 Å². The molecule has 0 radical (unpaired) electrons. The van der Waals surface area contributed by atoms with Crippen molar-refractivity contribution in [2.24, 2.45) is 11.8 Å². The Hall–Kier alpha value is -1.31. The van der Waals surface area contributed by atoms with Gasteiger partial charge in [-0.3, -0.25) is 4.79 Å². The number of aliphatic carboxylic acids is 1. The lowest BCUT2D eigenvalue weighted by atomic mass is 9.96. The van der Waals surface area contributed by atoms with Crippen LogP contribution in [0.1, 0.15) is 90.4 Å². The van der Waals surface area contributed by atoms with E-state index in [1.165, 1.54) is 38.5 Å². The highest BCUT2D eigenvalue weighted by molar-refractivity contribution is 5.70. The van der Waals surface area contributed by atoms with Gasteiger partial charge in [-0.05, 0) is 57.3 Å². The van der Waals surface area contributed by atoms with Crippen molar-refractivity contribution >= 4 is 5.97 Å². The van der Waals surface area contributed by atoms with Gasteiger partial charge >= 0.3 is 5.97 Å². The molecular weight excluding hydrogens is 308 g/mol. The fraction of sp³-hybridized carbons (Fsp3) is 0.696. The summed E-state index contributed by atoms with van der Waals surface area (Å²) in [5.74, 6) is -0.129. The summed E-state index contributed by atoms with van der Waals surface area (Å²) >= 11 is 0. The summed E-state index contributed by atoms with van der Waals surface area (Å²) in [4.78, 5) is 11.2. The molecule has 0 amide bonds. The largest absolute Gasteiger partial charge is 0.481 e. The number of hydrogen-bond acceptors (Lipinski definition) is 1. The van der Waals surface area contributed by atoms with Gasteiger partial charge in [0, 0.05) is 0 Å². The maximum atomic E-state index is 11.2. The minimum absolute atomic E-state index is 0.0538. The lowest BCUT2D eigenvalue weighted by Gasteiger charge is -2.10. The maximum absolute atomic E-state index is 11.2. The van der Waals surface area contributed by atoms with Crippen molar-refractivity contribution in [3.63, 3.8) is 0 Å². The van der Waals surface area contributed by atoms with Gasteiger partial charge in [0.25, 0.3) is 0 Å². The molecule has 0 spiro atoms. The molecule has 1 N–H and O–H groups in total. The second-order valence-electron chi connectivity index (χ2n) is 7.27. The van der Waals surface area contributed by atoms with Crippen molar-refractivity contribution in [2.45, 2.75) is 90.4 Å². The zero-order chi connectivity index (χ0) is 18.2. The molecule has 0 aliphatic heterocycles. The summed E-state index contributed by atoms with van der Waals surface area (Å²) in [6.07, 6.45) is 28.4. The van der Waals surface area contributed by atoms with Gasteiger partial charge in [-0.25, -0.2) is 0 Å². The van der Waals surface area contributed by atoms with Crippen LogP contribution in [-0.4, -0.2) is 11.1 Å². The van der Waals surface area contributed by atoms with E-state index in [9.17, 15) is 9.90 Å². The molecule has 0 aromatic carbocycles.